The Hall–Kier alpha value is -0.640. The van der Waals surface area contributed by atoms with E-state index in [0.717, 1.165) is 19.4 Å². The second-order valence-electron chi connectivity index (χ2n) is 3.74. The number of alkyl halides is 1. The Morgan fingerprint density at radius 3 is 3.00 bits per heavy atom. The molecule has 2 atom stereocenters. The number of likely N-dealkylation sites (tertiary alicyclic amines) is 1. The molecular weight excluding hydrogens is 171 g/mol. The van der Waals surface area contributed by atoms with Crippen molar-refractivity contribution >= 4 is 5.91 Å². The Bertz CT molecular complexity index is 184. The van der Waals surface area contributed by atoms with Crippen LogP contribution in [0.1, 0.15) is 19.8 Å². The number of amides is 1. The number of carbonyl (C=O) groups is 1. The van der Waals surface area contributed by atoms with Crippen LogP contribution in [0, 0.1) is 5.92 Å². The van der Waals surface area contributed by atoms with Crippen molar-refractivity contribution in [2.45, 2.75) is 25.8 Å². The molecule has 1 heterocycles. The lowest BCUT2D eigenvalue weighted by molar-refractivity contribution is -0.134. The maximum atomic E-state index is 12.3. The van der Waals surface area contributed by atoms with Crippen LogP contribution in [0.5, 0.6) is 0 Å². The first-order chi connectivity index (χ1) is 6.15. The second-order valence-corrected chi connectivity index (χ2v) is 3.74. The van der Waals surface area contributed by atoms with E-state index >= 15 is 0 Å². The molecule has 0 radical (unpaired) electrons. The van der Waals surface area contributed by atoms with E-state index in [1.165, 1.54) is 0 Å². The Balaban J connectivity index is 2.46. The molecule has 4 heteroatoms. The number of hydrogen-bond acceptors (Lipinski definition) is 2. The Labute approximate surface area is 78.1 Å². The highest BCUT2D eigenvalue weighted by molar-refractivity contribution is 5.81. The van der Waals surface area contributed by atoms with Crippen molar-refractivity contribution in [2.75, 3.05) is 19.8 Å². The van der Waals surface area contributed by atoms with E-state index in [2.05, 4.69) is 0 Å². The van der Waals surface area contributed by atoms with E-state index < -0.39 is 6.04 Å². The molecule has 0 aromatic carbocycles. The van der Waals surface area contributed by atoms with E-state index in [0.29, 0.717) is 6.54 Å². The Morgan fingerprint density at radius 2 is 2.46 bits per heavy atom. The minimum Gasteiger partial charge on any atom is -0.341 e. The highest BCUT2D eigenvalue weighted by Crippen LogP contribution is 2.17. The predicted octanol–water partition coefficient (Wildman–Crippen LogP) is 0.542. The van der Waals surface area contributed by atoms with Gasteiger partial charge in [-0.2, -0.15) is 0 Å². The molecular formula is C9H17FN2O. The van der Waals surface area contributed by atoms with Crippen LogP contribution in [0.4, 0.5) is 4.39 Å². The standard InChI is InChI=1S/C9H17FN2O/c1-7(11)9(13)12-4-2-3-8(5-10)6-12/h7-8H,2-6,11H2,1H3. The van der Waals surface area contributed by atoms with Crippen LogP contribution >= 0.6 is 0 Å². The normalized spacial score (nSPS) is 25.8. The van der Waals surface area contributed by atoms with Crippen LogP contribution in [-0.2, 0) is 4.79 Å². The van der Waals surface area contributed by atoms with Crippen LogP contribution in [0.2, 0.25) is 0 Å². The van der Waals surface area contributed by atoms with Crippen molar-refractivity contribution < 1.29 is 9.18 Å². The molecule has 0 aromatic heterocycles. The van der Waals surface area contributed by atoms with Gasteiger partial charge in [0.2, 0.25) is 5.91 Å². The number of nitrogens with zero attached hydrogens (tertiary/aromatic N) is 1. The molecule has 0 aromatic rings. The topological polar surface area (TPSA) is 46.3 Å². The third-order valence-corrected chi connectivity index (χ3v) is 2.44. The molecule has 13 heavy (non-hydrogen) atoms. The summed E-state index contributed by atoms with van der Waals surface area (Å²) in [6, 6.07) is -0.460. The lowest BCUT2D eigenvalue weighted by atomic mass is 9.99. The van der Waals surface area contributed by atoms with Gasteiger partial charge in [-0.25, -0.2) is 0 Å². The highest BCUT2D eigenvalue weighted by Gasteiger charge is 2.24. The number of carbonyl (C=O) groups excluding carboxylic acids is 1. The lowest BCUT2D eigenvalue weighted by Crippen LogP contribution is -2.47. The summed E-state index contributed by atoms with van der Waals surface area (Å²) in [7, 11) is 0. The SMILES string of the molecule is CC(N)C(=O)N1CCCC(CF)C1. The second kappa shape index (κ2) is 4.56. The fourth-order valence-electron chi connectivity index (χ4n) is 1.68. The Morgan fingerprint density at radius 1 is 1.77 bits per heavy atom. The van der Waals surface area contributed by atoms with Crippen molar-refractivity contribution in [3.63, 3.8) is 0 Å². The number of rotatable bonds is 2. The van der Waals surface area contributed by atoms with E-state index in [1.807, 2.05) is 0 Å². The van der Waals surface area contributed by atoms with Gasteiger partial charge in [-0.15, -0.1) is 0 Å². The molecule has 1 fully saturated rings. The third kappa shape index (κ3) is 2.66. The largest absolute Gasteiger partial charge is 0.341 e. The summed E-state index contributed by atoms with van der Waals surface area (Å²) in [6.45, 7) is 2.61. The summed E-state index contributed by atoms with van der Waals surface area (Å²) in [4.78, 5) is 13.1. The first-order valence-corrected chi connectivity index (χ1v) is 4.75. The zero-order chi connectivity index (χ0) is 9.84. The smallest absolute Gasteiger partial charge is 0.239 e. The number of hydrogen-bond donors (Lipinski definition) is 1. The molecule has 1 aliphatic heterocycles. The molecule has 0 aliphatic carbocycles. The molecule has 1 rings (SSSR count). The molecule has 0 saturated carbocycles. The summed E-state index contributed by atoms with van der Waals surface area (Å²) in [5.74, 6) is -0.0328. The maximum Gasteiger partial charge on any atom is 0.239 e. The molecule has 1 aliphatic rings. The van der Waals surface area contributed by atoms with Gasteiger partial charge in [0.05, 0.1) is 12.7 Å². The Kier molecular flexibility index (Phi) is 3.66. The molecule has 0 bridgehead atoms. The molecule has 0 spiro atoms. The van der Waals surface area contributed by atoms with Gasteiger partial charge in [0.15, 0.2) is 0 Å². The first-order valence-electron chi connectivity index (χ1n) is 4.75. The minimum absolute atomic E-state index is 0.0245. The van der Waals surface area contributed by atoms with Gasteiger partial charge in [-0.05, 0) is 19.8 Å². The van der Waals surface area contributed by atoms with Crippen molar-refractivity contribution in [3.8, 4) is 0 Å². The zero-order valence-electron chi connectivity index (χ0n) is 8.00. The third-order valence-electron chi connectivity index (χ3n) is 2.44. The number of piperidine rings is 1. The fourth-order valence-corrected chi connectivity index (χ4v) is 1.68. The van der Waals surface area contributed by atoms with Crippen molar-refractivity contribution in [1.82, 2.24) is 4.90 Å². The van der Waals surface area contributed by atoms with Gasteiger partial charge in [0, 0.05) is 19.0 Å². The van der Waals surface area contributed by atoms with Gasteiger partial charge in [-0.1, -0.05) is 0 Å². The number of nitrogens with two attached hydrogens (primary N) is 1. The average Bonchev–Trinajstić information content (AvgIpc) is 2.16. The van der Waals surface area contributed by atoms with Crippen LogP contribution in [0.25, 0.3) is 0 Å². The molecule has 2 N–H and O–H groups in total. The van der Waals surface area contributed by atoms with E-state index in [1.54, 1.807) is 11.8 Å². The van der Waals surface area contributed by atoms with E-state index in [4.69, 9.17) is 5.73 Å². The summed E-state index contributed by atoms with van der Waals surface area (Å²) >= 11 is 0. The molecule has 2 unspecified atom stereocenters. The fraction of sp³-hybridized carbons (Fsp3) is 0.889. The summed E-state index contributed by atoms with van der Waals surface area (Å²) in [5, 5.41) is 0. The minimum atomic E-state index is -0.460. The monoisotopic (exact) mass is 188 g/mol. The van der Waals surface area contributed by atoms with Crippen molar-refractivity contribution in [3.05, 3.63) is 0 Å². The molecule has 76 valence electrons. The van der Waals surface area contributed by atoms with Crippen LogP contribution in [0.3, 0.4) is 0 Å². The van der Waals surface area contributed by atoms with Gasteiger partial charge in [0.25, 0.3) is 0 Å². The van der Waals surface area contributed by atoms with Crippen LogP contribution in [0.15, 0.2) is 0 Å². The van der Waals surface area contributed by atoms with Crippen molar-refractivity contribution in [2.24, 2.45) is 11.7 Å². The van der Waals surface area contributed by atoms with E-state index in [-0.39, 0.29) is 18.5 Å². The van der Waals surface area contributed by atoms with Gasteiger partial charge in [0.1, 0.15) is 0 Å². The number of halogens is 1. The van der Waals surface area contributed by atoms with Gasteiger partial charge < -0.3 is 10.6 Å². The van der Waals surface area contributed by atoms with Gasteiger partial charge >= 0.3 is 0 Å². The lowest BCUT2D eigenvalue weighted by Gasteiger charge is -2.32. The molecule has 1 amide bonds. The molecule has 1 saturated heterocycles. The maximum absolute atomic E-state index is 12.3. The predicted molar refractivity (Wildman–Crippen MR) is 48.9 cm³/mol. The van der Waals surface area contributed by atoms with Crippen LogP contribution in [-0.4, -0.2) is 36.6 Å². The summed E-state index contributed by atoms with van der Waals surface area (Å²) in [6.07, 6.45) is 1.78. The van der Waals surface area contributed by atoms with Gasteiger partial charge in [-0.3, -0.25) is 9.18 Å². The molecule has 3 nitrogen and oxygen atoms in total. The summed E-state index contributed by atoms with van der Waals surface area (Å²) in [5.41, 5.74) is 5.47. The van der Waals surface area contributed by atoms with Crippen molar-refractivity contribution in [1.29, 1.82) is 0 Å². The van der Waals surface area contributed by atoms with E-state index in [9.17, 15) is 9.18 Å². The first kappa shape index (κ1) is 10.4. The highest BCUT2D eigenvalue weighted by atomic mass is 19.1. The zero-order valence-corrected chi connectivity index (χ0v) is 8.00. The quantitative estimate of drug-likeness (QED) is 0.687. The average molecular weight is 188 g/mol. The summed E-state index contributed by atoms with van der Waals surface area (Å²) < 4.78 is 12.3. The van der Waals surface area contributed by atoms with Crippen LogP contribution < -0.4 is 5.73 Å².